The van der Waals surface area contributed by atoms with Crippen LogP contribution in [0.15, 0.2) is 12.1 Å². The van der Waals surface area contributed by atoms with Gasteiger partial charge in [-0.25, -0.2) is 0 Å². The average Bonchev–Trinajstić information content (AvgIpc) is 3.22. The highest BCUT2D eigenvalue weighted by atomic mass is 16.6. The summed E-state index contributed by atoms with van der Waals surface area (Å²) in [5, 5.41) is 2.94. The van der Waals surface area contributed by atoms with Crippen molar-refractivity contribution in [2.45, 2.75) is 38.7 Å². The number of fused-ring (bicyclic) bond motifs is 1. The molecule has 1 unspecified atom stereocenters. The fourth-order valence-electron chi connectivity index (χ4n) is 2.44. The lowest BCUT2D eigenvalue weighted by atomic mass is 9.95. The van der Waals surface area contributed by atoms with Crippen LogP contribution in [0.25, 0.3) is 0 Å². The first-order chi connectivity index (χ1) is 9.28. The molecule has 0 radical (unpaired) electrons. The van der Waals surface area contributed by atoms with Gasteiger partial charge in [0.25, 0.3) is 0 Å². The molecule has 3 rings (SSSR count). The molecule has 102 valence electrons. The second kappa shape index (κ2) is 5.21. The van der Waals surface area contributed by atoms with E-state index in [9.17, 15) is 4.79 Å². The minimum absolute atomic E-state index is 0.0841. The van der Waals surface area contributed by atoms with Crippen molar-refractivity contribution in [2.75, 3.05) is 18.5 Å². The highest BCUT2D eigenvalue weighted by Gasteiger charge is 2.31. The topological polar surface area (TPSA) is 50.9 Å². The van der Waals surface area contributed by atoms with E-state index in [1.165, 1.54) is 11.1 Å². The van der Waals surface area contributed by atoms with Crippen molar-refractivity contribution in [1.29, 1.82) is 0 Å². The van der Waals surface area contributed by atoms with Gasteiger partial charge in [0.2, 0.25) is 5.91 Å². The van der Waals surface area contributed by atoms with Crippen molar-refractivity contribution in [3.05, 3.63) is 23.3 Å². The number of hydrogen-bond acceptors (Lipinski definition) is 3. The van der Waals surface area contributed by atoms with Gasteiger partial charge in [-0.3, -0.25) is 4.79 Å². The number of amides is 1. The van der Waals surface area contributed by atoms with Gasteiger partial charge >= 0.3 is 0 Å². The van der Waals surface area contributed by atoms with Crippen LogP contribution >= 0.6 is 0 Å². The lowest BCUT2D eigenvalue weighted by Crippen LogP contribution is -2.20. The fraction of sp³-hybridized carbons (Fsp3) is 0.533. The van der Waals surface area contributed by atoms with Crippen molar-refractivity contribution in [3.63, 3.8) is 0 Å². The molecule has 1 amide bonds. The predicted molar refractivity (Wildman–Crippen MR) is 72.5 cm³/mol. The summed E-state index contributed by atoms with van der Waals surface area (Å²) >= 11 is 0. The molecule has 2 heterocycles. The Balaban J connectivity index is 1.87. The van der Waals surface area contributed by atoms with Crippen LogP contribution in [0.2, 0.25) is 0 Å². The van der Waals surface area contributed by atoms with Gasteiger partial charge < -0.3 is 14.8 Å². The molecule has 4 nitrogen and oxygen atoms in total. The molecule has 0 spiro atoms. The number of hydrogen-bond donors (Lipinski definition) is 1. The summed E-state index contributed by atoms with van der Waals surface area (Å²) in [5.41, 5.74) is 3.30. The molecule has 1 aromatic rings. The average molecular weight is 261 g/mol. The first-order valence-corrected chi connectivity index (χ1v) is 6.99. The number of rotatable bonds is 5. The van der Waals surface area contributed by atoms with E-state index in [0.717, 1.165) is 37.3 Å². The first kappa shape index (κ1) is 12.5. The second-order valence-electron chi connectivity index (χ2n) is 5.11. The zero-order valence-electron chi connectivity index (χ0n) is 11.2. The number of nitrogens with one attached hydrogen (secondary N) is 1. The quantitative estimate of drug-likeness (QED) is 0.655. The Bertz CT molecular complexity index is 494. The van der Waals surface area contributed by atoms with E-state index >= 15 is 0 Å². The van der Waals surface area contributed by atoms with Gasteiger partial charge in [0.05, 0.1) is 13.2 Å². The Morgan fingerprint density at radius 1 is 1.42 bits per heavy atom. The molecule has 1 fully saturated rings. The number of unbranched alkanes of at least 4 members (excludes halogenated alkanes) is 1. The van der Waals surface area contributed by atoms with Crippen molar-refractivity contribution >= 4 is 11.6 Å². The van der Waals surface area contributed by atoms with E-state index < -0.39 is 0 Å². The lowest BCUT2D eigenvalue weighted by molar-refractivity contribution is -0.116. The predicted octanol–water partition coefficient (Wildman–Crippen LogP) is 2.82. The van der Waals surface area contributed by atoms with Crippen molar-refractivity contribution < 1.29 is 14.3 Å². The minimum Gasteiger partial charge on any atom is -0.494 e. The maximum absolute atomic E-state index is 11.5. The van der Waals surface area contributed by atoms with Gasteiger partial charge in [0.15, 0.2) is 0 Å². The molecule has 2 aliphatic rings. The van der Waals surface area contributed by atoms with Crippen LogP contribution in [-0.2, 0) is 16.0 Å². The number of carbonyl (C=O) groups excluding carboxylic acids is 1. The number of carbonyl (C=O) groups is 1. The smallest absolute Gasteiger partial charge is 0.224 e. The number of anilines is 1. The Kier molecular flexibility index (Phi) is 3.42. The molecule has 1 saturated heterocycles. The standard InChI is InChI=1S/C15H19NO3/c1-2-3-6-18-10-7-12(14-9-19-14)11-4-5-15(17)16-13(11)8-10/h7-8,14H,2-6,9H2,1H3,(H,16,17). The summed E-state index contributed by atoms with van der Waals surface area (Å²) in [6.07, 6.45) is 3.70. The van der Waals surface area contributed by atoms with E-state index in [1.807, 2.05) is 6.07 Å². The van der Waals surface area contributed by atoms with Crippen LogP contribution in [0.5, 0.6) is 5.75 Å². The van der Waals surface area contributed by atoms with Crippen LogP contribution in [0.1, 0.15) is 43.4 Å². The Morgan fingerprint density at radius 2 is 2.26 bits per heavy atom. The van der Waals surface area contributed by atoms with Crippen LogP contribution in [-0.4, -0.2) is 19.1 Å². The molecule has 0 bridgehead atoms. The third-order valence-electron chi connectivity index (χ3n) is 3.58. The van der Waals surface area contributed by atoms with Crippen LogP contribution < -0.4 is 10.1 Å². The van der Waals surface area contributed by atoms with Crippen LogP contribution in [0, 0.1) is 0 Å². The lowest BCUT2D eigenvalue weighted by Gasteiger charge is -2.21. The summed E-state index contributed by atoms with van der Waals surface area (Å²) in [6.45, 7) is 3.63. The van der Waals surface area contributed by atoms with Gasteiger partial charge in [0, 0.05) is 18.2 Å². The first-order valence-electron chi connectivity index (χ1n) is 6.99. The Morgan fingerprint density at radius 3 is 3.00 bits per heavy atom. The van der Waals surface area contributed by atoms with E-state index in [1.54, 1.807) is 0 Å². The van der Waals surface area contributed by atoms with Gasteiger partial charge in [-0.15, -0.1) is 0 Å². The second-order valence-corrected chi connectivity index (χ2v) is 5.11. The zero-order valence-corrected chi connectivity index (χ0v) is 11.2. The molecule has 2 aliphatic heterocycles. The molecular weight excluding hydrogens is 242 g/mol. The molecule has 0 aromatic heterocycles. The molecule has 1 atom stereocenters. The molecule has 0 aliphatic carbocycles. The maximum Gasteiger partial charge on any atom is 0.224 e. The third kappa shape index (κ3) is 2.73. The molecule has 19 heavy (non-hydrogen) atoms. The monoisotopic (exact) mass is 261 g/mol. The largest absolute Gasteiger partial charge is 0.494 e. The molecule has 1 N–H and O–H groups in total. The number of ether oxygens (including phenoxy) is 2. The van der Waals surface area contributed by atoms with E-state index in [-0.39, 0.29) is 12.0 Å². The van der Waals surface area contributed by atoms with Gasteiger partial charge in [0.1, 0.15) is 11.9 Å². The highest BCUT2D eigenvalue weighted by Crippen LogP contribution is 2.40. The molecule has 4 heteroatoms. The summed E-state index contributed by atoms with van der Waals surface area (Å²) in [7, 11) is 0. The van der Waals surface area contributed by atoms with Gasteiger partial charge in [-0.05, 0) is 30.0 Å². The summed E-state index contributed by atoms with van der Waals surface area (Å²) < 4.78 is 11.2. The third-order valence-corrected chi connectivity index (χ3v) is 3.58. The van der Waals surface area contributed by atoms with Crippen molar-refractivity contribution in [1.82, 2.24) is 0 Å². The maximum atomic E-state index is 11.5. The number of epoxide rings is 1. The van der Waals surface area contributed by atoms with Crippen LogP contribution in [0.3, 0.4) is 0 Å². The Labute approximate surface area is 113 Å². The minimum atomic E-state index is 0.0841. The van der Waals surface area contributed by atoms with E-state index in [0.29, 0.717) is 13.0 Å². The van der Waals surface area contributed by atoms with Gasteiger partial charge in [-0.2, -0.15) is 0 Å². The summed E-state index contributed by atoms with van der Waals surface area (Å²) in [4.78, 5) is 11.5. The fourth-order valence-corrected chi connectivity index (χ4v) is 2.44. The SMILES string of the molecule is CCCCOc1cc2c(c(C3CO3)c1)CCC(=O)N2. The highest BCUT2D eigenvalue weighted by molar-refractivity contribution is 5.94. The van der Waals surface area contributed by atoms with Crippen LogP contribution in [0.4, 0.5) is 5.69 Å². The van der Waals surface area contributed by atoms with Crippen molar-refractivity contribution in [3.8, 4) is 5.75 Å². The van der Waals surface area contributed by atoms with Crippen molar-refractivity contribution in [2.24, 2.45) is 0 Å². The molecule has 1 aromatic carbocycles. The summed E-state index contributed by atoms with van der Waals surface area (Å²) in [6, 6.07) is 4.01. The Hall–Kier alpha value is -1.55. The summed E-state index contributed by atoms with van der Waals surface area (Å²) in [5.74, 6) is 0.917. The molecular formula is C15H19NO3. The van der Waals surface area contributed by atoms with E-state index in [4.69, 9.17) is 9.47 Å². The molecule has 0 saturated carbocycles. The normalized spacial score (nSPS) is 20.7. The number of benzene rings is 1. The zero-order chi connectivity index (χ0) is 13.2. The van der Waals surface area contributed by atoms with Gasteiger partial charge in [-0.1, -0.05) is 13.3 Å². The van der Waals surface area contributed by atoms with E-state index in [2.05, 4.69) is 18.3 Å².